The van der Waals surface area contributed by atoms with Gasteiger partial charge in [0.15, 0.2) is 0 Å². The van der Waals surface area contributed by atoms with Crippen LogP contribution < -0.4 is 15.4 Å². The Bertz CT molecular complexity index is 847. The molecular formula is C18H23N3O4S2. The lowest BCUT2D eigenvalue weighted by Gasteiger charge is -2.08. The van der Waals surface area contributed by atoms with E-state index >= 15 is 0 Å². The summed E-state index contributed by atoms with van der Waals surface area (Å²) in [4.78, 5) is 23.7. The first-order valence-electron chi connectivity index (χ1n) is 8.52. The lowest BCUT2D eigenvalue weighted by atomic mass is 10.2. The van der Waals surface area contributed by atoms with E-state index in [0.29, 0.717) is 18.5 Å². The van der Waals surface area contributed by atoms with Crippen LogP contribution in [-0.4, -0.2) is 39.9 Å². The van der Waals surface area contributed by atoms with E-state index < -0.39 is 10.0 Å². The van der Waals surface area contributed by atoms with Gasteiger partial charge in [0, 0.05) is 37.0 Å². The molecule has 0 saturated carbocycles. The number of benzene rings is 1. The molecule has 0 aliphatic rings. The number of hydrogen-bond acceptors (Lipinski definition) is 5. The molecule has 0 radical (unpaired) electrons. The van der Waals surface area contributed by atoms with Crippen LogP contribution in [0.4, 0.5) is 0 Å². The standard InChI is InChI=1S/C18H23N3O4S2/c1-14-4-6-16(7-5-14)27(24,25)21-11-10-19-17(22)3-2-9-20-18(23)15-8-12-26-13-15/h4-8,12-13,21H,2-3,9-11H2,1H3,(H,19,22)(H,20,23). The number of carbonyl (C=O) groups excluding carboxylic acids is 2. The molecule has 0 fully saturated rings. The van der Waals surface area contributed by atoms with Crippen molar-refractivity contribution in [3.8, 4) is 0 Å². The second-order valence-corrected chi connectivity index (χ2v) is 8.48. The molecule has 27 heavy (non-hydrogen) atoms. The highest BCUT2D eigenvalue weighted by Gasteiger charge is 2.12. The van der Waals surface area contributed by atoms with Crippen molar-refractivity contribution in [3.63, 3.8) is 0 Å². The maximum Gasteiger partial charge on any atom is 0.252 e. The van der Waals surface area contributed by atoms with Crippen LogP contribution in [-0.2, 0) is 14.8 Å². The molecule has 0 atom stereocenters. The Morgan fingerprint density at radius 2 is 1.74 bits per heavy atom. The van der Waals surface area contributed by atoms with E-state index in [9.17, 15) is 18.0 Å². The Balaban J connectivity index is 1.59. The average Bonchev–Trinajstić information content (AvgIpc) is 3.17. The second kappa shape index (κ2) is 10.2. The van der Waals surface area contributed by atoms with E-state index in [2.05, 4.69) is 15.4 Å². The lowest BCUT2D eigenvalue weighted by molar-refractivity contribution is -0.121. The minimum absolute atomic E-state index is 0.108. The SMILES string of the molecule is Cc1ccc(S(=O)(=O)NCCNC(=O)CCCNC(=O)c2ccsc2)cc1. The summed E-state index contributed by atoms with van der Waals surface area (Å²) in [5.41, 5.74) is 1.60. The number of rotatable bonds is 10. The van der Waals surface area contributed by atoms with Crippen LogP contribution in [0.3, 0.4) is 0 Å². The molecule has 146 valence electrons. The fourth-order valence-corrected chi connectivity index (χ4v) is 3.89. The van der Waals surface area contributed by atoms with Gasteiger partial charge in [0.25, 0.3) is 5.91 Å². The molecule has 9 heteroatoms. The summed E-state index contributed by atoms with van der Waals surface area (Å²) in [7, 11) is -3.57. The van der Waals surface area contributed by atoms with Gasteiger partial charge >= 0.3 is 0 Å². The molecule has 2 aromatic rings. The van der Waals surface area contributed by atoms with Crippen LogP contribution in [0.15, 0.2) is 46.0 Å². The molecule has 0 spiro atoms. The molecule has 1 aromatic carbocycles. The monoisotopic (exact) mass is 409 g/mol. The normalized spacial score (nSPS) is 11.1. The highest BCUT2D eigenvalue weighted by Crippen LogP contribution is 2.09. The van der Waals surface area contributed by atoms with Gasteiger partial charge in [-0.2, -0.15) is 11.3 Å². The molecule has 0 bridgehead atoms. The summed E-state index contributed by atoms with van der Waals surface area (Å²) in [5, 5.41) is 8.99. The summed E-state index contributed by atoms with van der Waals surface area (Å²) < 4.78 is 26.6. The molecule has 7 nitrogen and oxygen atoms in total. The third-order valence-corrected chi connectivity index (χ3v) is 5.88. The molecule has 2 amide bonds. The Morgan fingerprint density at radius 3 is 2.41 bits per heavy atom. The van der Waals surface area contributed by atoms with Gasteiger partial charge < -0.3 is 10.6 Å². The van der Waals surface area contributed by atoms with Gasteiger partial charge in [-0.3, -0.25) is 9.59 Å². The average molecular weight is 410 g/mol. The van der Waals surface area contributed by atoms with Crippen LogP contribution in [0.1, 0.15) is 28.8 Å². The van der Waals surface area contributed by atoms with Gasteiger partial charge in [-0.15, -0.1) is 0 Å². The third kappa shape index (κ3) is 7.12. The lowest BCUT2D eigenvalue weighted by Crippen LogP contribution is -2.35. The number of thiophene rings is 1. The van der Waals surface area contributed by atoms with Gasteiger partial charge in [-0.05, 0) is 36.9 Å². The number of nitrogens with one attached hydrogen (secondary N) is 3. The van der Waals surface area contributed by atoms with Gasteiger partial charge in [0.1, 0.15) is 0 Å². The zero-order valence-corrected chi connectivity index (χ0v) is 16.7. The summed E-state index contributed by atoms with van der Waals surface area (Å²) in [6.45, 7) is 2.59. The fraction of sp³-hybridized carbons (Fsp3) is 0.333. The Morgan fingerprint density at radius 1 is 1.00 bits per heavy atom. The highest BCUT2D eigenvalue weighted by atomic mass is 32.2. The number of hydrogen-bond donors (Lipinski definition) is 3. The molecular weight excluding hydrogens is 386 g/mol. The molecule has 0 aliphatic carbocycles. The van der Waals surface area contributed by atoms with Gasteiger partial charge in [-0.25, -0.2) is 13.1 Å². The first kappa shape index (κ1) is 21.1. The molecule has 0 aliphatic heterocycles. The van der Waals surface area contributed by atoms with Crippen LogP contribution in [0.2, 0.25) is 0 Å². The first-order chi connectivity index (χ1) is 12.9. The first-order valence-corrected chi connectivity index (χ1v) is 10.9. The number of aryl methyl sites for hydroxylation is 1. The topological polar surface area (TPSA) is 104 Å². The largest absolute Gasteiger partial charge is 0.355 e. The van der Waals surface area contributed by atoms with Crippen molar-refractivity contribution in [2.24, 2.45) is 0 Å². The van der Waals surface area contributed by atoms with E-state index in [0.717, 1.165) is 5.56 Å². The van der Waals surface area contributed by atoms with Crippen molar-refractivity contribution in [2.75, 3.05) is 19.6 Å². The summed E-state index contributed by atoms with van der Waals surface area (Å²) in [6, 6.07) is 8.28. The van der Waals surface area contributed by atoms with E-state index in [1.165, 1.54) is 11.3 Å². The van der Waals surface area contributed by atoms with Crippen molar-refractivity contribution in [2.45, 2.75) is 24.7 Å². The zero-order valence-electron chi connectivity index (χ0n) is 15.0. The highest BCUT2D eigenvalue weighted by molar-refractivity contribution is 7.89. The zero-order chi connectivity index (χ0) is 19.7. The number of amides is 2. The number of carbonyl (C=O) groups is 2. The van der Waals surface area contributed by atoms with Crippen molar-refractivity contribution < 1.29 is 18.0 Å². The van der Waals surface area contributed by atoms with E-state index in [-0.39, 0.29) is 36.2 Å². The maximum atomic E-state index is 12.1. The minimum Gasteiger partial charge on any atom is -0.355 e. The summed E-state index contributed by atoms with van der Waals surface area (Å²) in [5.74, 6) is -0.337. The molecule has 0 saturated heterocycles. The van der Waals surface area contributed by atoms with Crippen molar-refractivity contribution in [1.82, 2.24) is 15.4 Å². The predicted molar refractivity (Wildman–Crippen MR) is 105 cm³/mol. The van der Waals surface area contributed by atoms with Crippen molar-refractivity contribution in [3.05, 3.63) is 52.2 Å². The van der Waals surface area contributed by atoms with Crippen LogP contribution in [0, 0.1) is 6.92 Å². The maximum absolute atomic E-state index is 12.1. The van der Waals surface area contributed by atoms with E-state index in [4.69, 9.17) is 0 Å². The Labute approximate surface area is 163 Å². The van der Waals surface area contributed by atoms with Crippen LogP contribution in [0.5, 0.6) is 0 Å². The van der Waals surface area contributed by atoms with Crippen LogP contribution in [0.25, 0.3) is 0 Å². The molecule has 1 aromatic heterocycles. The Kier molecular flexibility index (Phi) is 7.96. The smallest absolute Gasteiger partial charge is 0.252 e. The molecule has 3 N–H and O–H groups in total. The summed E-state index contributed by atoms with van der Waals surface area (Å²) >= 11 is 1.45. The Hall–Kier alpha value is -2.23. The van der Waals surface area contributed by atoms with Gasteiger partial charge in [-0.1, -0.05) is 17.7 Å². The molecule has 1 heterocycles. The third-order valence-electron chi connectivity index (χ3n) is 3.72. The second-order valence-electron chi connectivity index (χ2n) is 5.93. The molecule has 2 rings (SSSR count). The van der Waals surface area contributed by atoms with Crippen molar-refractivity contribution >= 4 is 33.2 Å². The molecule has 0 unspecified atom stereocenters. The summed E-state index contributed by atoms with van der Waals surface area (Å²) in [6.07, 6.45) is 0.769. The van der Waals surface area contributed by atoms with Crippen molar-refractivity contribution in [1.29, 1.82) is 0 Å². The quantitative estimate of drug-likeness (QED) is 0.519. The van der Waals surface area contributed by atoms with E-state index in [1.54, 1.807) is 35.7 Å². The van der Waals surface area contributed by atoms with Gasteiger partial charge in [0.2, 0.25) is 15.9 Å². The van der Waals surface area contributed by atoms with Gasteiger partial charge in [0.05, 0.1) is 4.90 Å². The predicted octanol–water partition coefficient (Wildman–Crippen LogP) is 1.66. The number of sulfonamides is 1. The van der Waals surface area contributed by atoms with Crippen LogP contribution >= 0.6 is 11.3 Å². The van der Waals surface area contributed by atoms with E-state index in [1.807, 2.05) is 12.3 Å². The fourth-order valence-electron chi connectivity index (χ4n) is 2.22. The minimum atomic E-state index is -3.57.